The highest BCUT2D eigenvalue weighted by Crippen LogP contribution is 2.31. The molecular formula is C28H28FN7O2. The van der Waals surface area contributed by atoms with Gasteiger partial charge < -0.3 is 20.3 Å². The molecule has 1 fully saturated rings. The Kier molecular flexibility index (Phi) is 7.20. The molecule has 0 saturated carbocycles. The number of rotatable bonds is 7. The molecular weight excluding hydrogens is 485 g/mol. The van der Waals surface area contributed by atoms with Crippen LogP contribution in [0.5, 0.6) is 5.75 Å². The summed E-state index contributed by atoms with van der Waals surface area (Å²) in [5.41, 5.74) is 9.47. The molecule has 4 heterocycles. The lowest BCUT2D eigenvalue weighted by molar-refractivity contribution is -0.132. The molecule has 9 nitrogen and oxygen atoms in total. The largest absolute Gasteiger partial charge is 0.492 e. The summed E-state index contributed by atoms with van der Waals surface area (Å²) in [4.78, 5) is 21.8. The third-order valence-corrected chi connectivity index (χ3v) is 6.80. The van der Waals surface area contributed by atoms with Gasteiger partial charge in [0, 0.05) is 50.0 Å². The van der Waals surface area contributed by atoms with Gasteiger partial charge in [-0.1, -0.05) is 12.1 Å². The molecule has 2 N–H and O–H groups in total. The number of ether oxygens (including phenoxy) is 1. The monoisotopic (exact) mass is 513 g/mol. The zero-order valence-corrected chi connectivity index (χ0v) is 21.0. The predicted octanol–water partition coefficient (Wildman–Crippen LogP) is 3.20. The van der Waals surface area contributed by atoms with Gasteiger partial charge in [-0.2, -0.15) is 10.4 Å². The molecule has 1 aliphatic heterocycles. The van der Waals surface area contributed by atoms with Crippen molar-refractivity contribution in [2.24, 2.45) is 5.73 Å². The molecule has 1 aliphatic rings. The average molecular weight is 514 g/mol. The van der Waals surface area contributed by atoms with Gasteiger partial charge in [-0.25, -0.2) is 13.9 Å². The highest BCUT2D eigenvalue weighted by molar-refractivity contribution is 5.85. The quantitative estimate of drug-likeness (QED) is 0.404. The Morgan fingerprint density at radius 2 is 1.92 bits per heavy atom. The minimum atomic E-state index is -0.495. The highest BCUT2D eigenvalue weighted by atomic mass is 19.1. The van der Waals surface area contributed by atoms with Crippen LogP contribution in [-0.2, 0) is 4.79 Å². The zero-order chi connectivity index (χ0) is 26.6. The number of nitrogens with two attached hydrogens (primary N) is 1. The van der Waals surface area contributed by atoms with E-state index in [0.29, 0.717) is 49.6 Å². The molecule has 4 aromatic rings. The maximum Gasteiger partial charge on any atom is 0.231 e. The number of hydrogen-bond donors (Lipinski definition) is 1. The molecule has 1 unspecified atom stereocenters. The number of carbonyl (C=O) groups is 1. The molecule has 5 rings (SSSR count). The Morgan fingerprint density at radius 3 is 2.55 bits per heavy atom. The van der Waals surface area contributed by atoms with Gasteiger partial charge >= 0.3 is 0 Å². The first-order valence-electron chi connectivity index (χ1n) is 12.5. The summed E-state index contributed by atoms with van der Waals surface area (Å²) < 4.78 is 20.7. The lowest BCUT2D eigenvalue weighted by atomic mass is 9.97. The van der Waals surface area contributed by atoms with E-state index in [1.165, 1.54) is 12.1 Å². The summed E-state index contributed by atoms with van der Waals surface area (Å²) in [5.74, 6) is 0.580. The topological polar surface area (TPSA) is 113 Å². The Morgan fingerprint density at radius 1 is 1.16 bits per heavy atom. The Balaban J connectivity index is 1.30. The van der Waals surface area contributed by atoms with Crippen LogP contribution in [-0.4, -0.2) is 64.7 Å². The average Bonchev–Trinajstić information content (AvgIpc) is 3.37. The normalized spacial score (nSPS) is 14.4. The van der Waals surface area contributed by atoms with Gasteiger partial charge in [0.25, 0.3) is 0 Å². The van der Waals surface area contributed by atoms with Crippen LogP contribution in [0.25, 0.3) is 16.6 Å². The van der Waals surface area contributed by atoms with Crippen molar-refractivity contribution in [3.05, 3.63) is 78.0 Å². The van der Waals surface area contributed by atoms with E-state index in [1.807, 2.05) is 30.0 Å². The fourth-order valence-corrected chi connectivity index (χ4v) is 4.83. The third-order valence-electron chi connectivity index (χ3n) is 6.80. The number of anilines is 1. The van der Waals surface area contributed by atoms with Gasteiger partial charge in [-0.3, -0.25) is 4.79 Å². The SMILES string of the molecule is CCOc1cc(-c2ccc(N3CCN(C(=O)C(CN)c4ccc(F)cc4)CC3)nc2)c2c(C#N)cnn2c1. The molecule has 3 aromatic heterocycles. The molecule has 0 aliphatic carbocycles. The van der Waals surface area contributed by atoms with Gasteiger partial charge in [0.1, 0.15) is 23.5 Å². The second-order valence-corrected chi connectivity index (χ2v) is 9.04. The molecule has 1 atom stereocenters. The second kappa shape index (κ2) is 10.9. The first-order chi connectivity index (χ1) is 18.5. The van der Waals surface area contributed by atoms with Crippen molar-refractivity contribution in [2.75, 3.05) is 44.2 Å². The maximum absolute atomic E-state index is 13.3. The molecule has 0 spiro atoms. The summed E-state index contributed by atoms with van der Waals surface area (Å²) in [6, 6.07) is 14.0. The van der Waals surface area contributed by atoms with Gasteiger partial charge in [-0.05, 0) is 42.8 Å². The number of pyridine rings is 2. The number of benzene rings is 1. The van der Waals surface area contributed by atoms with Gasteiger partial charge in [-0.15, -0.1) is 0 Å². The number of carbonyl (C=O) groups excluding carboxylic acids is 1. The van der Waals surface area contributed by atoms with Crippen LogP contribution in [0.1, 0.15) is 24.0 Å². The van der Waals surface area contributed by atoms with Crippen molar-refractivity contribution < 1.29 is 13.9 Å². The van der Waals surface area contributed by atoms with Crippen LogP contribution in [0, 0.1) is 17.1 Å². The molecule has 194 valence electrons. The van der Waals surface area contributed by atoms with Crippen molar-refractivity contribution in [3.63, 3.8) is 0 Å². The smallest absolute Gasteiger partial charge is 0.231 e. The number of amides is 1. The molecule has 0 radical (unpaired) electrons. The minimum Gasteiger partial charge on any atom is -0.492 e. The predicted molar refractivity (Wildman–Crippen MR) is 141 cm³/mol. The number of nitrogens with zero attached hydrogens (tertiary/aromatic N) is 6. The summed E-state index contributed by atoms with van der Waals surface area (Å²) in [6.07, 6.45) is 5.09. The van der Waals surface area contributed by atoms with Crippen LogP contribution in [0.15, 0.2) is 61.1 Å². The van der Waals surface area contributed by atoms with E-state index in [2.05, 4.69) is 16.1 Å². The van der Waals surface area contributed by atoms with E-state index in [-0.39, 0.29) is 18.3 Å². The van der Waals surface area contributed by atoms with E-state index in [9.17, 15) is 14.4 Å². The summed E-state index contributed by atoms with van der Waals surface area (Å²) in [5, 5.41) is 13.9. The molecule has 1 amide bonds. The lowest BCUT2D eigenvalue weighted by Crippen LogP contribution is -2.51. The van der Waals surface area contributed by atoms with Crippen LogP contribution in [0.4, 0.5) is 10.2 Å². The van der Waals surface area contributed by atoms with Crippen LogP contribution in [0.3, 0.4) is 0 Å². The third kappa shape index (κ3) is 4.88. The van der Waals surface area contributed by atoms with Gasteiger partial charge in [0.05, 0.1) is 36.0 Å². The molecule has 0 bridgehead atoms. The minimum absolute atomic E-state index is 0.0469. The number of aromatic nitrogens is 3. The van der Waals surface area contributed by atoms with Crippen molar-refractivity contribution in [1.29, 1.82) is 5.26 Å². The highest BCUT2D eigenvalue weighted by Gasteiger charge is 2.28. The fraction of sp³-hybridized carbons (Fsp3) is 0.286. The Labute approximate surface area is 219 Å². The molecule has 38 heavy (non-hydrogen) atoms. The lowest BCUT2D eigenvalue weighted by Gasteiger charge is -2.37. The van der Waals surface area contributed by atoms with Gasteiger partial charge in [0.2, 0.25) is 5.91 Å². The Hall–Kier alpha value is -4.49. The van der Waals surface area contributed by atoms with Crippen molar-refractivity contribution in [3.8, 4) is 22.9 Å². The zero-order valence-electron chi connectivity index (χ0n) is 21.0. The van der Waals surface area contributed by atoms with Crippen molar-refractivity contribution >= 4 is 17.2 Å². The van der Waals surface area contributed by atoms with E-state index in [1.54, 1.807) is 35.2 Å². The fourth-order valence-electron chi connectivity index (χ4n) is 4.83. The number of hydrogen-bond acceptors (Lipinski definition) is 7. The number of nitriles is 1. The molecule has 10 heteroatoms. The van der Waals surface area contributed by atoms with E-state index in [4.69, 9.17) is 15.5 Å². The maximum atomic E-state index is 13.3. The Bertz CT molecular complexity index is 1470. The second-order valence-electron chi connectivity index (χ2n) is 9.04. The van der Waals surface area contributed by atoms with Crippen LogP contribution >= 0.6 is 0 Å². The van der Waals surface area contributed by atoms with Crippen molar-refractivity contribution in [1.82, 2.24) is 19.5 Å². The molecule has 1 aromatic carbocycles. The van der Waals surface area contributed by atoms with Gasteiger partial charge in [0.15, 0.2) is 0 Å². The standard InChI is InChI=1S/C28H28FN7O2/c1-2-38-23-13-24(27-21(14-30)17-33-36(27)18-23)20-5-8-26(32-16-20)34-9-11-35(12-10-34)28(37)25(15-31)19-3-6-22(29)7-4-19/h3-8,13,16-18,25H,2,9-12,15,31H2,1H3. The summed E-state index contributed by atoms with van der Waals surface area (Å²) in [6.45, 7) is 4.93. The van der Waals surface area contributed by atoms with E-state index in [0.717, 1.165) is 22.5 Å². The first kappa shape index (κ1) is 25.2. The number of halogens is 1. The van der Waals surface area contributed by atoms with E-state index < -0.39 is 5.92 Å². The summed E-state index contributed by atoms with van der Waals surface area (Å²) in [7, 11) is 0. The van der Waals surface area contributed by atoms with Crippen LogP contribution in [0.2, 0.25) is 0 Å². The first-order valence-corrected chi connectivity index (χ1v) is 12.5. The number of fused-ring (bicyclic) bond motifs is 1. The van der Waals surface area contributed by atoms with Crippen molar-refractivity contribution in [2.45, 2.75) is 12.8 Å². The molecule has 1 saturated heterocycles. The summed E-state index contributed by atoms with van der Waals surface area (Å²) >= 11 is 0. The van der Waals surface area contributed by atoms with E-state index >= 15 is 0 Å². The van der Waals surface area contributed by atoms with Crippen LogP contribution < -0.4 is 15.4 Å². The number of piperazine rings is 1.